The Morgan fingerprint density at radius 3 is 1.46 bits per heavy atom. The van der Waals surface area contributed by atoms with Crippen LogP contribution in [0.2, 0.25) is 0 Å². The molecule has 16 N–H and O–H groups in total. The fourth-order valence-electron chi connectivity index (χ4n) is 10.8. The van der Waals surface area contributed by atoms with Crippen LogP contribution in [-0.2, 0) is 72.0 Å². The molecule has 1 fully saturated rings. The van der Waals surface area contributed by atoms with Gasteiger partial charge in [0.25, 0.3) is 0 Å². The predicted octanol–water partition coefficient (Wildman–Crippen LogP) is 0.987. The highest BCUT2D eigenvalue weighted by atomic mass is 16.4. The lowest BCUT2D eigenvalue weighted by Gasteiger charge is -2.35. The van der Waals surface area contributed by atoms with Crippen LogP contribution in [0.5, 0.6) is 0 Å². The minimum absolute atomic E-state index is 0.0389. The van der Waals surface area contributed by atoms with E-state index in [1.54, 1.807) is 0 Å². The summed E-state index contributed by atoms with van der Waals surface area (Å²) in [5.41, 5.74) is 7.32. The fourth-order valence-corrected chi connectivity index (χ4v) is 10.8. The summed E-state index contributed by atoms with van der Waals surface area (Å²) in [5.74, 6) is -4.60. The highest BCUT2D eigenvalue weighted by molar-refractivity contribution is 5.92. The zero-order valence-electron chi connectivity index (χ0n) is 54.6. The Bertz CT molecular complexity index is 2770. The first-order chi connectivity index (χ1) is 45.3. The van der Waals surface area contributed by atoms with Gasteiger partial charge in [0.05, 0.1) is 23.2 Å². The van der Waals surface area contributed by atoms with Gasteiger partial charge in [-0.3, -0.25) is 48.5 Å². The molecule has 94 heavy (non-hydrogen) atoms. The lowest BCUT2D eigenvalue weighted by molar-refractivity contribution is -0.141. The number of benzene rings is 3. The maximum Gasteiger partial charge on any atom is 0.320 e. The van der Waals surface area contributed by atoms with Gasteiger partial charge in [0.1, 0.15) is 30.7 Å². The van der Waals surface area contributed by atoms with E-state index in [4.69, 9.17) is 10.8 Å². The van der Waals surface area contributed by atoms with Crippen molar-refractivity contribution >= 4 is 65.9 Å². The molecular weight excluding hydrogens is 1210 g/mol. The van der Waals surface area contributed by atoms with Gasteiger partial charge in [-0.1, -0.05) is 110 Å². The second-order valence-electron chi connectivity index (χ2n) is 24.5. The Labute approximate surface area is 552 Å². The van der Waals surface area contributed by atoms with Gasteiger partial charge in [0.2, 0.25) is 41.4 Å². The van der Waals surface area contributed by atoms with Crippen LogP contribution in [0.3, 0.4) is 0 Å². The summed E-state index contributed by atoms with van der Waals surface area (Å²) in [5, 5.41) is 55.2. The fraction of sp³-hybridized carbons (Fsp3) is 0.574. The number of nitrogens with two attached hydrogens (primary N) is 1. The molecule has 0 bridgehead atoms. The molecule has 0 radical (unpaired) electrons. The molecule has 3 aromatic rings. The standard InChI is InChI=1S/C68H103N13O13/c1-67(46-70-36-38-72-48-68(45-69,49-73-39-37-71-47-67)81-62(88)31-18-28-59(85)77-54(44-83)40-50-20-8-5-9-21-50)80-61(87)30-19-29-60(86)78-57(42-52-24-12-7-13-25-52)65(92)79-56(41-51-22-10-6-11-23-51)64(91)75-35-16-4-2-3-14-27-58(84)74-34-17-15-26-53(43-82)76-55(66(93)94)32-33-63(89)90/h5-13,20-25,43-44,53-57,70-73,76H,2-4,14-19,26-42,45-49,69H2,1H3,(H,74,84)(H,75,91)(H,77,85)(H,78,86)(H,79,92)(H,80,87)(H,81,88)(H,89,90)(H,93,94). The number of hydrogen-bond donors (Lipinski definition) is 15. The summed E-state index contributed by atoms with van der Waals surface area (Å²) in [7, 11) is 0. The Morgan fingerprint density at radius 2 is 0.926 bits per heavy atom. The van der Waals surface area contributed by atoms with Crippen molar-refractivity contribution < 1.29 is 63.0 Å². The zero-order chi connectivity index (χ0) is 68.2. The summed E-state index contributed by atoms with van der Waals surface area (Å²) in [6.45, 7) is 6.50. The van der Waals surface area contributed by atoms with Crippen LogP contribution in [0, 0.1) is 0 Å². The van der Waals surface area contributed by atoms with Gasteiger partial charge >= 0.3 is 11.9 Å². The number of hydrogen-bond acceptors (Lipinski definition) is 17. The van der Waals surface area contributed by atoms with Crippen molar-refractivity contribution in [3.05, 3.63) is 108 Å². The topological polar surface area (TPSA) is 399 Å². The van der Waals surface area contributed by atoms with E-state index >= 15 is 0 Å². The molecule has 1 aliphatic rings. The van der Waals surface area contributed by atoms with Crippen LogP contribution in [0.1, 0.15) is 133 Å². The van der Waals surface area contributed by atoms with E-state index in [1.807, 2.05) is 97.9 Å². The van der Waals surface area contributed by atoms with E-state index in [2.05, 4.69) is 63.8 Å². The number of carbonyl (C=O) groups is 11. The Kier molecular flexibility index (Phi) is 37.8. The molecule has 7 amide bonds. The lowest BCUT2D eigenvalue weighted by atomic mass is 9.98. The number of unbranched alkanes of at least 4 members (excludes halogenated alkanes) is 5. The van der Waals surface area contributed by atoms with Gasteiger partial charge in [0, 0.05) is 123 Å². The van der Waals surface area contributed by atoms with Crippen LogP contribution in [0.15, 0.2) is 91.0 Å². The van der Waals surface area contributed by atoms with Crippen LogP contribution in [0.25, 0.3) is 0 Å². The van der Waals surface area contributed by atoms with Gasteiger partial charge in [-0.25, -0.2) is 0 Å². The van der Waals surface area contributed by atoms with Crippen LogP contribution < -0.4 is 69.5 Å². The number of nitrogens with one attached hydrogen (secondary N) is 12. The van der Waals surface area contributed by atoms with Crippen LogP contribution >= 0.6 is 0 Å². The van der Waals surface area contributed by atoms with Crippen molar-refractivity contribution in [3.63, 3.8) is 0 Å². The second-order valence-corrected chi connectivity index (χ2v) is 24.5. The maximum absolute atomic E-state index is 14.2. The average Bonchev–Trinajstić information content (AvgIpc) is 1.36. The molecule has 0 aliphatic carbocycles. The number of aliphatic carboxylic acids is 2. The smallest absolute Gasteiger partial charge is 0.320 e. The molecule has 26 heteroatoms. The summed E-state index contributed by atoms with van der Waals surface area (Å²) < 4.78 is 0. The molecule has 1 aliphatic heterocycles. The van der Waals surface area contributed by atoms with E-state index in [1.165, 1.54) is 0 Å². The Hall–Kier alpha value is -8.01. The van der Waals surface area contributed by atoms with Crippen molar-refractivity contribution in [2.24, 2.45) is 5.73 Å². The molecule has 3 aromatic carbocycles. The van der Waals surface area contributed by atoms with E-state index in [0.717, 1.165) is 36.0 Å². The number of aldehydes is 2. The molecule has 1 saturated heterocycles. The quantitative estimate of drug-likeness (QED) is 0.0277. The Morgan fingerprint density at radius 1 is 0.468 bits per heavy atom. The van der Waals surface area contributed by atoms with Gasteiger partial charge in [-0.15, -0.1) is 0 Å². The first-order valence-corrected chi connectivity index (χ1v) is 33.1. The van der Waals surface area contributed by atoms with E-state index in [0.29, 0.717) is 123 Å². The minimum Gasteiger partial charge on any atom is -0.481 e. The van der Waals surface area contributed by atoms with E-state index < -0.39 is 65.0 Å². The molecule has 5 atom stereocenters. The number of carboxylic acids is 2. The molecular formula is C68H103N13O13. The molecule has 0 spiro atoms. The summed E-state index contributed by atoms with van der Waals surface area (Å²) in [6.07, 6.45) is 7.78. The van der Waals surface area contributed by atoms with Crippen LogP contribution in [-0.4, -0.2) is 189 Å². The van der Waals surface area contributed by atoms with Crippen molar-refractivity contribution in [2.45, 2.75) is 177 Å². The summed E-state index contributed by atoms with van der Waals surface area (Å²) >= 11 is 0. The van der Waals surface area contributed by atoms with Crippen LogP contribution in [0.4, 0.5) is 0 Å². The van der Waals surface area contributed by atoms with Gasteiger partial charge in [-0.05, 0) is 81.4 Å². The normalized spacial score (nSPS) is 17.8. The monoisotopic (exact) mass is 1310 g/mol. The predicted molar refractivity (Wildman–Crippen MR) is 357 cm³/mol. The van der Waals surface area contributed by atoms with Gasteiger partial charge in [-0.2, -0.15) is 0 Å². The van der Waals surface area contributed by atoms with E-state index in [9.17, 15) is 57.8 Å². The maximum atomic E-state index is 14.2. The first kappa shape index (κ1) is 78.4. The molecule has 0 aromatic heterocycles. The van der Waals surface area contributed by atoms with Crippen molar-refractivity contribution in [1.82, 2.24) is 63.8 Å². The van der Waals surface area contributed by atoms with Crippen molar-refractivity contribution in [2.75, 3.05) is 72.0 Å². The number of amides is 7. The molecule has 26 nitrogen and oxygen atoms in total. The molecule has 1 heterocycles. The molecule has 518 valence electrons. The number of rotatable bonds is 43. The molecule has 4 rings (SSSR count). The SMILES string of the molecule is CC1(NC(=O)CCCC(=O)NC(Cc2ccccc2)C(=O)NC(Cc2ccccc2)C(=O)NCCCCCCCC(=O)NCCCCC(C=O)NC(CCC(=O)O)C(=O)O)CNCCNCC(CN)(NC(=O)CCCC(=O)NC(C=O)Cc2ccccc2)CNCCNC1. The lowest BCUT2D eigenvalue weighted by Crippen LogP contribution is -2.65. The number of carboxylic acid groups (broad SMARTS) is 2. The van der Waals surface area contributed by atoms with Crippen molar-refractivity contribution in [1.29, 1.82) is 0 Å². The summed E-state index contributed by atoms with van der Waals surface area (Å²) in [4.78, 5) is 139. The second kappa shape index (κ2) is 45.3. The highest BCUT2D eigenvalue weighted by Gasteiger charge is 2.32. The number of carbonyl (C=O) groups excluding carboxylic acids is 9. The average molecular weight is 1310 g/mol. The molecule has 5 unspecified atom stereocenters. The third kappa shape index (κ3) is 33.7. The highest BCUT2D eigenvalue weighted by Crippen LogP contribution is 2.13. The largest absolute Gasteiger partial charge is 0.481 e. The molecule has 0 saturated carbocycles. The summed E-state index contributed by atoms with van der Waals surface area (Å²) in [6, 6.07) is 23.3. The van der Waals surface area contributed by atoms with E-state index in [-0.39, 0.29) is 100 Å². The Balaban J connectivity index is 1.18. The third-order valence-corrected chi connectivity index (χ3v) is 16.1. The van der Waals surface area contributed by atoms with Gasteiger partial charge in [0.15, 0.2) is 0 Å². The zero-order valence-corrected chi connectivity index (χ0v) is 54.6. The van der Waals surface area contributed by atoms with Crippen molar-refractivity contribution in [3.8, 4) is 0 Å². The first-order valence-electron chi connectivity index (χ1n) is 33.1. The van der Waals surface area contributed by atoms with Gasteiger partial charge < -0.3 is 84.0 Å². The third-order valence-electron chi connectivity index (χ3n) is 16.1. The minimum atomic E-state index is -1.23.